The molecule has 0 radical (unpaired) electrons. The highest BCUT2D eigenvalue weighted by Gasteiger charge is 2.13. The Morgan fingerprint density at radius 1 is 1.00 bits per heavy atom. The molecule has 2 nitrogen and oxygen atoms in total. The number of nitrogens with two attached hydrogens (primary N) is 1. The SMILES string of the molecule is CCCCCCCCCC(=O)C(CC)CN. The van der Waals surface area contributed by atoms with Gasteiger partial charge in [-0.2, -0.15) is 0 Å². The van der Waals surface area contributed by atoms with Gasteiger partial charge in [-0.3, -0.25) is 4.79 Å². The Kier molecular flexibility index (Phi) is 10.9. The van der Waals surface area contributed by atoms with Crippen molar-refractivity contribution in [1.29, 1.82) is 0 Å². The van der Waals surface area contributed by atoms with Crippen LogP contribution < -0.4 is 5.73 Å². The highest BCUT2D eigenvalue weighted by Crippen LogP contribution is 2.12. The summed E-state index contributed by atoms with van der Waals surface area (Å²) in [5.41, 5.74) is 5.55. The number of hydrogen-bond donors (Lipinski definition) is 1. The van der Waals surface area contributed by atoms with E-state index < -0.39 is 0 Å². The molecule has 0 rings (SSSR count). The summed E-state index contributed by atoms with van der Waals surface area (Å²) in [6.45, 7) is 4.79. The first-order valence-electron chi connectivity index (χ1n) is 6.99. The predicted octanol–water partition coefficient (Wildman–Crippen LogP) is 3.68. The molecule has 2 N–H and O–H groups in total. The van der Waals surface area contributed by atoms with E-state index in [1.165, 1.54) is 38.5 Å². The molecule has 16 heavy (non-hydrogen) atoms. The second-order valence-corrected chi connectivity index (χ2v) is 4.68. The van der Waals surface area contributed by atoms with E-state index in [0.717, 1.165) is 19.3 Å². The van der Waals surface area contributed by atoms with E-state index in [0.29, 0.717) is 12.3 Å². The van der Waals surface area contributed by atoms with Gasteiger partial charge < -0.3 is 5.73 Å². The zero-order valence-electron chi connectivity index (χ0n) is 11.1. The Hall–Kier alpha value is -0.370. The molecule has 2 heteroatoms. The summed E-state index contributed by atoms with van der Waals surface area (Å²) in [6.07, 6.45) is 10.5. The molecule has 0 aliphatic carbocycles. The summed E-state index contributed by atoms with van der Waals surface area (Å²) in [5.74, 6) is 0.485. The van der Waals surface area contributed by atoms with E-state index >= 15 is 0 Å². The Morgan fingerprint density at radius 2 is 1.56 bits per heavy atom. The Morgan fingerprint density at radius 3 is 2.06 bits per heavy atom. The maximum Gasteiger partial charge on any atom is 0.137 e. The van der Waals surface area contributed by atoms with Gasteiger partial charge in [-0.1, -0.05) is 52.4 Å². The second kappa shape index (κ2) is 11.1. The molecule has 96 valence electrons. The fourth-order valence-corrected chi connectivity index (χ4v) is 1.99. The molecule has 0 fully saturated rings. The molecule has 0 spiro atoms. The Balaban J connectivity index is 3.33. The third-order valence-corrected chi connectivity index (χ3v) is 3.26. The minimum Gasteiger partial charge on any atom is -0.330 e. The molecule has 0 bridgehead atoms. The van der Waals surface area contributed by atoms with E-state index in [1.54, 1.807) is 0 Å². The average Bonchev–Trinajstić information content (AvgIpc) is 2.29. The molecule has 0 aliphatic rings. The van der Waals surface area contributed by atoms with Crippen LogP contribution >= 0.6 is 0 Å². The van der Waals surface area contributed by atoms with E-state index in [-0.39, 0.29) is 5.92 Å². The van der Waals surface area contributed by atoms with Crippen molar-refractivity contribution in [2.45, 2.75) is 71.6 Å². The van der Waals surface area contributed by atoms with Crippen molar-refractivity contribution in [2.75, 3.05) is 6.54 Å². The summed E-state index contributed by atoms with van der Waals surface area (Å²) in [6, 6.07) is 0. The van der Waals surface area contributed by atoms with Crippen LogP contribution in [0, 0.1) is 5.92 Å². The lowest BCUT2D eigenvalue weighted by atomic mass is 9.96. The first kappa shape index (κ1) is 15.6. The number of carbonyl (C=O) groups is 1. The summed E-state index contributed by atoms with van der Waals surface area (Å²) >= 11 is 0. The first-order chi connectivity index (χ1) is 7.76. The van der Waals surface area contributed by atoms with Crippen LogP contribution in [0.2, 0.25) is 0 Å². The maximum absolute atomic E-state index is 11.7. The molecule has 1 atom stereocenters. The van der Waals surface area contributed by atoms with Crippen molar-refractivity contribution in [3.63, 3.8) is 0 Å². The zero-order valence-corrected chi connectivity index (χ0v) is 11.1. The molecule has 0 aromatic rings. The normalized spacial score (nSPS) is 12.7. The molecule has 0 amide bonds. The standard InChI is InChI=1S/C14H29NO/c1-3-5-6-7-8-9-10-11-14(16)13(4-2)12-15/h13H,3-12,15H2,1-2H3. The quantitative estimate of drug-likeness (QED) is 0.547. The molecule has 0 heterocycles. The molecule has 0 saturated heterocycles. The van der Waals surface area contributed by atoms with Crippen LogP contribution in [0.25, 0.3) is 0 Å². The van der Waals surface area contributed by atoms with Gasteiger partial charge >= 0.3 is 0 Å². The van der Waals surface area contributed by atoms with Crippen molar-refractivity contribution in [3.05, 3.63) is 0 Å². The number of carbonyl (C=O) groups excluding carboxylic acids is 1. The van der Waals surface area contributed by atoms with Gasteiger partial charge in [0.05, 0.1) is 0 Å². The van der Waals surface area contributed by atoms with Gasteiger partial charge in [0, 0.05) is 18.9 Å². The lowest BCUT2D eigenvalue weighted by Crippen LogP contribution is -2.22. The highest BCUT2D eigenvalue weighted by atomic mass is 16.1. The minimum absolute atomic E-state index is 0.111. The third kappa shape index (κ3) is 7.86. The largest absolute Gasteiger partial charge is 0.330 e. The fourth-order valence-electron chi connectivity index (χ4n) is 1.99. The minimum atomic E-state index is 0.111. The molecule has 0 saturated carbocycles. The molecular weight excluding hydrogens is 198 g/mol. The van der Waals surface area contributed by atoms with Crippen LogP contribution in [0.15, 0.2) is 0 Å². The first-order valence-corrected chi connectivity index (χ1v) is 6.99. The van der Waals surface area contributed by atoms with Gasteiger partial charge in [-0.05, 0) is 12.8 Å². The van der Waals surface area contributed by atoms with Crippen molar-refractivity contribution in [1.82, 2.24) is 0 Å². The van der Waals surface area contributed by atoms with E-state index in [2.05, 4.69) is 6.92 Å². The fraction of sp³-hybridized carbons (Fsp3) is 0.929. The number of unbranched alkanes of at least 4 members (excludes halogenated alkanes) is 6. The van der Waals surface area contributed by atoms with Gasteiger partial charge in [0.2, 0.25) is 0 Å². The van der Waals surface area contributed by atoms with Crippen molar-refractivity contribution in [3.8, 4) is 0 Å². The van der Waals surface area contributed by atoms with Crippen LogP contribution in [0.1, 0.15) is 71.6 Å². The number of ketones is 1. The van der Waals surface area contributed by atoms with Crippen LogP contribution in [0.4, 0.5) is 0 Å². The Bertz CT molecular complexity index is 164. The lowest BCUT2D eigenvalue weighted by Gasteiger charge is -2.10. The van der Waals surface area contributed by atoms with E-state index in [1.807, 2.05) is 6.92 Å². The number of hydrogen-bond acceptors (Lipinski definition) is 2. The van der Waals surface area contributed by atoms with Gasteiger partial charge in [-0.15, -0.1) is 0 Å². The molecule has 0 aromatic heterocycles. The summed E-state index contributed by atoms with van der Waals surface area (Å²) in [5, 5.41) is 0. The monoisotopic (exact) mass is 227 g/mol. The predicted molar refractivity (Wildman–Crippen MR) is 70.5 cm³/mol. The maximum atomic E-state index is 11.7. The highest BCUT2D eigenvalue weighted by molar-refractivity contribution is 5.81. The van der Waals surface area contributed by atoms with Crippen LogP contribution in [-0.4, -0.2) is 12.3 Å². The van der Waals surface area contributed by atoms with Gasteiger partial charge in [0.15, 0.2) is 0 Å². The van der Waals surface area contributed by atoms with Crippen LogP contribution in [0.5, 0.6) is 0 Å². The summed E-state index contributed by atoms with van der Waals surface area (Å²) in [7, 11) is 0. The Labute approximate surface area is 101 Å². The summed E-state index contributed by atoms with van der Waals surface area (Å²) < 4.78 is 0. The second-order valence-electron chi connectivity index (χ2n) is 4.68. The molecule has 0 aliphatic heterocycles. The molecule has 1 unspecified atom stereocenters. The van der Waals surface area contributed by atoms with Gasteiger partial charge in [-0.25, -0.2) is 0 Å². The number of Topliss-reactive ketones (excluding diaryl/α,β-unsaturated/α-hetero) is 1. The lowest BCUT2D eigenvalue weighted by molar-refractivity contribution is -0.122. The van der Waals surface area contributed by atoms with E-state index in [9.17, 15) is 4.79 Å². The topological polar surface area (TPSA) is 43.1 Å². The van der Waals surface area contributed by atoms with Crippen molar-refractivity contribution in [2.24, 2.45) is 11.7 Å². The average molecular weight is 227 g/mol. The van der Waals surface area contributed by atoms with Crippen molar-refractivity contribution >= 4 is 5.78 Å². The molecule has 0 aromatic carbocycles. The molecular formula is C14H29NO. The summed E-state index contributed by atoms with van der Waals surface area (Å²) in [4.78, 5) is 11.7. The van der Waals surface area contributed by atoms with E-state index in [4.69, 9.17) is 5.73 Å². The van der Waals surface area contributed by atoms with Crippen LogP contribution in [-0.2, 0) is 4.79 Å². The third-order valence-electron chi connectivity index (χ3n) is 3.26. The van der Waals surface area contributed by atoms with Gasteiger partial charge in [0.25, 0.3) is 0 Å². The van der Waals surface area contributed by atoms with Crippen LogP contribution in [0.3, 0.4) is 0 Å². The number of rotatable bonds is 11. The van der Waals surface area contributed by atoms with Crippen molar-refractivity contribution < 1.29 is 4.79 Å². The zero-order chi connectivity index (χ0) is 12.2. The smallest absolute Gasteiger partial charge is 0.137 e. The van der Waals surface area contributed by atoms with Gasteiger partial charge in [0.1, 0.15) is 5.78 Å².